The van der Waals surface area contributed by atoms with Crippen molar-refractivity contribution in [1.82, 2.24) is 9.47 Å². The van der Waals surface area contributed by atoms with E-state index in [1.165, 1.54) is 0 Å². The standard InChI is InChI=1S/C13H21N3O2/c1-3-11-9-18-6-5-16(11)13(17)12-7-10(14)8-15(12)4-2/h7-8,11H,3-6,9,14H2,1-2H3. The second-order valence-corrected chi connectivity index (χ2v) is 4.58. The zero-order chi connectivity index (χ0) is 13.1. The number of aromatic nitrogens is 1. The number of rotatable bonds is 3. The van der Waals surface area contributed by atoms with Crippen molar-refractivity contribution in [3.63, 3.8) is 0 Å². The number of aryl methyl sites for hydroxylation is 1. The zero-order valence-electron chi connectivity index (χ0n) is 11.1. The summed E-state index contributed by atoms with van der Waals surface area (Å²) in [5.74, 6) is 0.0590. The molecule has 18 heavy (non-hydrogen) atoms. The Morgan fingerprint density at radius 2 is 2.33 bits per heavy atom. The van der Waals surface area contributed by atoms with E-state index >= 15 is 0 Å². The smallest absolute Gasteiger partial charge is 0.270 e. The lowest BCUT2D eigenvalue weighted by Crippen LogP contribution is -2.48. The first-order valence-electron chi connectivity index (χ1n) is 6.51. The van der Waals surface area contributed by atoms with Crippen molar-refractivity contribution in [2.24, 2.45) is 0 Å². The summed E-state index contributed by atoms with van der Waals surface area (Å²) in [5, 5.41) is 0. The molecule has 1 aromatic rings. The summed E-state index contributed by atoms with van der Waals surface area (Å²) in [6, 6.07) is 1.93. The fraction of sp³-hybridized carbons (Fsp3) is 0.615. The van der Waals surface area contributed by atoms with Crippen LogP contribution in [-0.4, -0.2) is 41.2 Å². The summed E-state index contributed by atoms with van der Waals surface area (Å²) in [6.45, 7) is 6.74. The number of nitrogens with two attached hydrogens (primary N) is 1. The summed E-state index contributed by atoms with van der Waals surface area (Å²) in [7, 11) is 0. The third-order valence-corrected chi connectivity index (χ3v) is 3.44. The third kappa shape index (κ3) is 2.36. The lowest BCUT2D eigenvalue weighted by Gasteiger charge is -2.35. The van der Waals surface area contributed by atoms with Gasteiger partial charge in [0.15, 0.2) is 0 Å². The van der Waals surface area contributed by atoms with Crippen LogP contribution in [0.25, 0.3) is 0 Å². The van der Waals surface area contributed by atoms with Gasteiger partial charge < -0.3 is 19.9 Å². The summed E-state index contributed by atoms with van der Waals surface area (Å²) in [4.78, 5) is 14.5. The minimum Gasteiger partial charge on any atom is -0.397 e. The largest absolute Gasteiger partial charge is 0.397 e. The molecule has 1 aliphatic heterocycles. The van der Waals surface area contributed by atoms with Crippen LogP contribution in [0.3, 0.4) is 0 Å². The number of hydrogen-bond donors (Lipinski definition) is 1. The molecule has 2 heterocycles. The molecular formula is C13H21N3O2. The van der Waals surface area contributed by atoms with Crippen molar-refractivity contribution in [3.8, 4) is 0 Å². The van der Waals surface area contributed by atoms with Crippen molar-refractivity contribution in [2.45, 2.75) is 32.9 Å². The van der Waals surface area contributed by atoms with Gasteiger partial charge in [-0.25, -0.2) is 0 Å². The molecule has 0 aliphatic carbocycles. The van der Waals surface area contributed by atoms with E-state index in [-0.39, 0.29) is 11.9 Å². The molecule has 0 aromatic carbocycles. The molecular weight excluding hydrogens is 230 g/mol. The zero-order valence-corrected chi connectivity index (χ0v) is 11.1. The quantitative estimate of drug-likeness (QED) is 0.882. The van der Waals surface area contributed by atoms with Gasteiger partial charge in [-0.1, -0.05) is 6.92 Å². The van der Waals surface area contributed by atoms with Crippen molar-refractivity contribution in [2.75, 3.05) is 25.5 Å². The van der Waals surface area contributed by atoms with E-state index in [0.29, 0.717) is 31.1 Å². The molecule has 100 valence electrons. The predicted molar refractivity (Wildman–Crippen MR) is 70.5 cm³/mol. The van der Waals surface area contributed by atoms with Crippen molar-refractivity contribution >= 4 is 11.6 Å². The highest BCUT2D eigenvalue weighted by Gasteiger charge is 2.28. The molecule has 0 bridgehead atoms. The second-order valence-electron chi connectivity index (χ2n) is 4.58. The van der Waals surface area contributed by atoms with Gasteiger partial charge in [0.05, 0.1) is 24.9 Å². The first-order chi connectivity index (χ1) is 8.67. The Balaban J connectivity index is 2.23. The highest BCUT2D eigenvalue weighted by Crippen LogP contribution is 2.18. The van der Waals surface area contributed by atoms with Gasteiger partial charge in [0, 0.05) is 19.3 Å². The molecule has 5 heteroatoms. The van der Waals surface area contributed by atoms with Crippen LogP contribution in [0.1, 0.15) is 30.8 Å². The van der Waals surface area contributed by atoms with Crippen molar-refractivity contribution in [3.05, 3.63) is 18.0 Å². The van der Waals surface area contributed by atoms with E-state index in [0.717, 1.165) is 13.0 Å². The Morgan fingerprint density at radius 3 is 3.00 bits per heavy atom. The van der Waals surface area contributed by atoms with Crippen molar-refractivity contribution < 1.29 is 9.53 Å². The van der Waals surface area contributed by atoms with Crippen LogP contribution in [0.15, 0.2) is 12.3 Å². The third-order valence-electron chi connectivity index (χ3n) is 3.44. The maximum atomic E-state index is 12.6. The number of nitrogen functional groups attached to an aromatic ring is 1. The molecule has 0 spiro atoms. The molecule has 1 aromatic heterocycles. The highest BCUT2D eigenvalue weighted by atomic mass is 16.5. The summed E-state index contributed by atoms with van der Waals surface area (Å²) in [5.41, 5.74) is 7.09. The molecule has 1 aliphatic rings. The fourth-order valence-corrected chi connectivity index (χ4v) is 2.38. The molecule has 1 fully saturated rings. The van der Waals surface area contributed by atoms with Gasteiger partial charge in [-0.2, -0.15) is 0 Å². The topological polar surface area (TPSA) is 60.5 Å². The molecule has 1 unspecified atom stereocenters. The van der Waals surface area contributed by atoms with Crippen molar-refractivity contribution in [1.29, 1.82) is 0 Å². The summed E-state index contributed by atoms with van der Waals surface area (Å²) in [6.07, 6.45) is 2.72. The Morgan fingerprint density at radius 1 is 1.56 bits per heavy atom. The molecule has 0 radical (unpaired) electrons. The summed E-state index contributed by atoms with van der Waals surface area (Å²) < 4.78 is 7.33. The monoisotopic (exact) mass is 251 g/mol. The van der Waals surface area contributed by atoms with Crippen LogP contribution in [0, 0.1) is 0 Å². The minimum atomic E-state index is 0.0590. The molecule has 5 nitrogen and oxygen atoms in total. The maximum Gasteiger partial charge on any atom is 0.270 e. The minimum absolute atomic E-state index is 0.0590. The van der Waals surface area contributed by atoms with E-state index in [4.69, 9.17) is 10.5 Å². The number of hydrogen-bond acceptors (Lipinski definition) is 3. The van der Waals surface area contributed by atoms with Gasteiger partial charge >= 0.3 is 0 Å². The first-order valence-corrected chi connectivity index (χ1v) is 6.51. The maximum absolute atomic E-state index is 12.6. The predicted octanol–water partition coefficient (Wildman–Crippen LogP) is 1.34. The van der Waals surface area contributed by atoms with Crippen LogP contribution in [0.5, 0.6) is 0 Å². The van der Waals surface area contributed by atoms with Gasteiger partial charge in [-0.3, -0.25) is 4.79 Å². The Hall–Kier alpha value is -1.49. The van der Waals surface area contributed by atoms with E-state index in [1.807, 2.05) is 22.6 Å². The SMILES string of the molecule is CCC1COCCN1C(=O)c1cc(N)cn1CC. The average molecular weight is 251 g/mol. The number of amides is 1. The summed E-state index contributed by atoms with van der Waals surface area (Å²) >= 11 is 0. The number of anilines is 1. The van der Waals surface area contributed by atoms with Crippen LogP contribution < -0.4 is 5.73 Å². The van der Waals surface area contributed by atoms with E-state index in [9.17, 15) is 4.79 Å². The molecule has 1 saturated heterocycles. The Kier molecular flexibility index (Phi) is 3.91. The first kappa shape index (κ1) is 13.0. The van der Waals surface area contributed by atoms with E-state index < -0.39 is 0 Å². The molecule has 2 N–H and O–H groups in total. The van der Waals surface area contributed by atoms with Crippen LogP contribution in [-0.2, 0) is 11.3 Å². The highest BCUT2D eigenvalue weighted by molar-refractivity contribution is 5.94. The number of nitrogens with zero attached hydrogens (tertiary/aromatic N) is 2. The normalized spacial score (nSPS) is 20.1. The van der Waals surface area contributed by atoms with Gasteiger partial charge in [-0.15, -0.1) is 0 Å². The molecule has 1 amide bonds. The lowest BCUT2D eigenvalue weighted by molar-refractivity contribution is -0.00333. The lowest BCUT2D eigenvalue weighted by atomic mass is 10.1. The van der Waals surface area contributed by atoms with E-state index in [1.54, 1.807) is 6.07 Å². The molecule has 1 atom stereocenters. The van der Waals surface area contributed by atoms with Crippen LogP contribution >= 0.6 is 0 Å². The van der Waals surface area contributed by atoms with Crippen LogP contribution in [0.2, 0.25) is 0 Å². The van der Waals surface area contributed by atoms with Crippen LogP contribution in [0.4, 0.5) is 5.69 Å². The van der Waals surface area contributed by atoms with Gasteiger partial charge in [0.25, 0.3) is 5.91 Å². The fourth-order valence-electron chi connectivity index (χ4n) is 2.38. The van der Waals surface area contributed by atoms with Gasteiger partial charge in [-0.05, 0) is 19.4 Å². The van der Waals surface area contributed by atoms with Gasteiger partial charge in [0.1, 0.15) is 5.69 Å². The Bertz CT molecular complexity index is 428. The molecule has 2 rings (SSSR count). The number of ether oxygens (including phenoxy) is 1. The second kappa shape index (κ2) is 5.44. The number of morpholine rings is 1. The Labute approximate surface area is 108 Å². The van der Waals surface area contributed by atoms with Gasteiger partial charge in [0.2, 0.25) is 0 Å². The number of carbonyl (C=O) groups is 1. The van der Waals surface area contributed by atoms with E-state index in [2.05, 4.69) is 6.92 Å². The molecule has 0 saturated carbocycles. The average Bonchev–Trinajstić information content (AvgIpc) is 2.79. The number of carbonyl (C=O) groups excluding carboxylic acids is 1.